The van der Waals surface area contributed by atoms with Crippen LogP contribution in [-0.2, 0) is 64.6 Å². The standard InChI is InChI=1S/C15H23N5O2.C14H22N6O2.C13H19N5O2.C12H19N5O/c1-15(2,3)20-9-16-12-11(13(20)21)19(4)14(18-12)17-10-5-7-22-8-6-10;1-14(2,3)20-8-16-11-10(12(20)22)19(6)13(17-11)15-7-9(21)18(4)5;1-13(2,3)18-7-14-10-9(11(18)19)17(4)12(16-10)15-8-5-20-6-8;1-6-13-11-15-9-8(16(11)5)10(18)17(7-14-9)12(2,3)4/h9-10H,5-8H2,1-4H3,(H,17,18);8H,7H2,1-6H3,(H,15,17);7-8H,5-6H2,1-4H3,(H,15,16);7H,6H2,1-5H3,(H,13,15). The maximum atomic E-state index is 12.7. The highest BCUT2D eigenvalue weighted by atomic mass is 16.5. The first-order chi connectivity index (χ1) is 38.2. The number of hydrogen-bond acceptors (Lipinski definition) is 19. The van der Waals surface area contributed by atoms with Crippen molar-refractivity contribution in [3.05, 3.63) is 66.7 Å². The van der Waals surface area contributed by atoms with Gasteiger partial charge in [0.2, 0.25) is 29.7 Å². The third-order valence-corrected chi connectivity index (χ3v) is 13.8. The van der Waals surface area contributed by atoms with E-state index >= 15 is 0 Å². The van der Waals surface area contributed by atoms with Crippen molar-refractivity contribution in [2.24, 2.45) is 28.2 Å². The highest BCUT2D eigenvalue weighted by molar-refractivity contribution is 5.81. The van der Waals surface area contributed by atoms with E-state index in [2.05, 4.69) is 61.1 Å². The summed E-state index contributed by atoms with van der Waals surface area (Å²) in [5.41, 5.74) is 2.19. The molecule has 2 aliphatic rings. The van der Waals surface area contributed by atoms with Crippen LogP contribution in [0.25, 0.3) is 44.7 Å². The summed E-state index contributed by atoms with van der Waals surface area (Å²) >= 11 is 0. The minimum absolute atomic E-state index is 0.0625. The number of hydrogen-bond donors (Lipinski definition) is 4. The number of carbonyl (C=O) groups is 1. The maximum Gasteiger partial charge on any atom is 0.280 e. The average molecular weight is 1140 g/mol. The SMILES string of the molecule is CCNc1nc2ncn(C(C)(C)C)c(=O)c2n1C.CN(C)C(=O)CNc1nc2ncn(C(C)(C)C)c(=O)c2n1C.Cn1c(NC2CCOCC2)nc2ncn(C(C)(C)C)c(=O)c21.Cn1c(NC2COC2)nc2ncn(C(C)(C)C)c(=O)c21. The molecule has 8 aromatic rings. The average Bonchev–Trinajstić information content (AvgIpc) is 3.57. The predicted molar refractivity (Wildman–Crippen MR) is 318 cm³/mol. The molecule has 1 amide bonds. The molecule has 0 aliphatic carbocycles. The Morgan fingerprint density at radius 1 is 0.500 bits per heavy atom. The minimum atomic E-state index is -0.364. The molecule has 82 heavy (non-hydrogen) atoms. The molecule has 0 aromatic carbocycles. The zero-order valence-electron chi connectivity index (χ0n) is 51.1. The number of rotatable bonds is 9. The van der Waals surface area contributed by atoms with E-state index in [9.17, 15) is 24.0 Å². The first-order valence-corrected chi connectivity index (χ1v) is 27.4. The normalized spacial score (nSPS) is 14.4. The predicted octanol–water partition coefficient (Wildman–Crippen LogP) is 3.87. The molecule has 0 bridgehead atoms. The Bertz CT molecular complexity index is 3830. The van der Waals surface area contributed by atoms with E-state index in [4.69, 9.17) is 9.47 Å². The second kappa shape index (κ2) is 23.8. The van der Waals surface area contributed by atoms with E-state index in [1.807, 2.05) is 116 Å². The first-order valence-electron chi connectivity index (χ1n) is 27.4. The van der Waals surface area contributed by atoms with Crippen molar-refractivity contribution in [3.8, 4) is 0 Å². The van der Waals surface area contributed by atoms with Gasteiger partial charge in [-0.3, -0.25) is 42.2 Å². The number of carbonyl (C=O) groups excluding carboxylic acids is 1. The molecule has 2 saturated heterocycles. The number of anilines is 4. The molecule has 2 aliphatic heterocycles. The third kappa shape index (κ3) is 13.2. The van der Waals surface area contributed by atoms with Crippen molar-refractivity contribution in [1.29, 1.82) is 0 Å². The molecule has 10 heterocycles. The molecule has 446 valence electrons. The Balaban J connectivity index is 0.000000158. The van der Waals surface area contributed by atoms with Gasteiger partial charge in [0.25, 0.3) is 22.2 Å². The van der Waals surface area contributed by atoms with E-state index in [0.29, 0.717) is 87.7 Å². The number of imidazole rings is 4. The van der Waals surface area contributed by atoms with Crippen molar-refractivity contribution < 1.29 is 14.3 Å². The summed E-state index contributed by atoms with van der Waals surface area (Å²) < 4.78 is 24.0. The zero-order valence-corrected chi connectivity index (χ0v) is 51.1. The van der Waals surface area contributed by atoms with Gasteiger partial charge in [0, 0.05) is 90.2 Å². The minimum Gasteiger partial charge on any atom is -0.381 e. The van der Waals surface area contributed by atoms with Crippen molar-refractivity contribution in [2.45, 2.75) is 137 Å². The van der Waals surface area contributed by atoms with Gasteiger partial charge in [-0.25, -0.2) is 19.9 Å². The maximum absolute atomic E-state index is 12.7. The van der Waals surface area contributed by atoms with E-state index in [0.717, 1.165) is 32.6 Å². The van der Waals surface area contributed by atoms with Crippen LogP contribution in [0.2, 0.25) is 0 Å². The zero-order chi connectivity index (χ0) is 60.6. The van der Waals surface area contributed by atoms with Crippen LogP contribution in [0.4, 0.5) is 23.8 Å². The van der Waals surface area contributed by atoms with E-state index in [-0.39, 0.29) is 62.9 Å². The number of nitrogens with zero attached hydrogens (tertiary/aromatic N) is 17. The van der Waals surface area contributed by atoms with Crippen LogP contribution in [0, 0.1) is 0 Å². The van der Waals surface area contributed by atoms with Crippen molar-refractivity contribution in [1.82, 2.24) is 81.3 Å². The molecular formula is C54H83N21O7. The first kappa shape index (κ1) is 61.6. The van der Waals surface area contributed by atoms with Crippen LogP contribution >= 0.6 is 0 Å². The van der Waals surface area contributed by atoms with Crippen LogP contribution in [-0.4, -0.2) is 153 Å². The Labute approximate surface area is 475 Å². The van der Waals surface area contributed by atoms with Crippen LogP contribution in [0.3, 0.4) is 0 Å². The molecule has 28 heteroatoms. The van der Waals surface area contributed by atoms with E-state index in [1.165, 1.54) is 11.2 Å². The van der Waals surface area contributed by atoms with Gasteiger partial charge in [-0.2, -0.15) is 19.9 Å². The van der Waals surface area contributed by atoms with Gasteiger partial charge in [0.1, 0.15) is 25.3 Å². The fraction of sp³-hybridized carbons (Fsp3) is 0.611. The lowest BCUT2D eigenvalue weighted by atomic mass is 10.1. The van der Waals surface area contributed by atoms with Gasteiger partial charge in [-0.05, 0) is 103 Å². The Morgan fingerprint density at radius 2 is 0.805 bits per heavy atom. The smallest absolute Gasteiger partial charge is 0.280 e. The summed E-state index contributed by atoms with van der Waals surface area (Å²) in [6, 6.07) is 0.587. The van der Waals surface area contributed by atoms with Crippen molar-refractivity contribution >= 4 is 74.4 Å². The van der Waals surface area contributed by atoms with Crippen molar-refractivity contribution in [2.75, 3.05) is 74.9 Å². The Hall–Kier alpha value is -8.01. The second-order valence-corrected chi connectivity index (χ2v) is 24.6. The summed E-state index contributed by atoms with van der Waals surface area (Å²) in [6.07, 6.45) is 8.11. The van der Waals surface area contributed by atoms with Gasteiger partial charge in [0.15, 0.2) is 44.7 Å². The fourth-order valence-corrected chi connectivity index (χ4v) is 8.85. The highest BCUT2D eigenvalue weighted by Gasteiger charge is 2.27. The van der Waals surface area contributed by atoms with Crippen LogP contribution in [0.5, 0.6) is 0 Å². The van der Waals surface area contributed by atoms with Gasteiger partial charge in [-0.15, -0.1) is 0 Å². The molecule has 0 saturated carbocycles. The quantitative estimate of drug-likeness (QED) is 0.159. The number of ether oxygens (including phenoxy) is 2. The summed E-state index contributed by atoms with van der Waals surface area (Å²) in [5.74, 6) is 2.39. The summed E-state index contributed by atoms with van der Waals surface area (Å²) in [6.45, 7) is 29.3. The van der Waals surface area contributed by atoms with Gasteiger partial charge in [0.05, 0.1) is 25.8 Å². The summed E-state index contributed by atoms with van der Waals surface area (Å²) in [7, 11) is 10.6. The van der Waals surface area contributed by atoms with Gasteiger partial charge < -0.3 is 53.9 Å². The molecule has 10 rings (SSSR count). The van der Waals surface area contributed by atoms with Crippen LogP contribution in [0.15, 0.2) is 44.5 Å². The molecule has 28 nitrogen and oxygen atoms in total. The van der Waals surface area contributed by atoms with Crippen molar-refractivity contribution in [3.63, 3.8) is 0 Å². The highest BCUT2D eigenvalue weighted by Crippen LogP contribution is 2.22. The topological polar surface area (TPSA) is 298 Å². The van der Waals surface area contributed by atoms with Crippen LogP contribution < -0.4 is 43.5 Å². The molecule has 4 N–H and O–H groups in total. The second-order valence-electron chi connectivity index (χ2n) is 24.6. The summed E-state index contributed by atoms with van der Waals surface area (Å²) in [4.78, 5) is 98.1. The van der Waals surface area contributed by atoms with E-state index < -0.39 is 0 Å². The molecular weight excluding hydrogens is 1050 g/mol. The molecule has 0 spiro atoms. The number of amides is 1. The third-order valence-electron chi connectivity index (χ3n) is 13.8. The largest absolute Gasteiger partial charge is 0.381 e. The number of aryl methyl sites for hydroxylation is 4. The van der Waals surface area contributed by atoms with Gasteiger partial charge >= 0.3 is 0 Å². The monoisotopic (exact) mass is 1140 g/mol. The van der Waals surface area contributed by atoms with Gasteiger partial charge in [-0.1, -0.05) is 0 Å². The Kier molecular flexibility index (Phi) is 17.9. The number of nitrogens with one attached hydrogen (secondary N) is 4. The number of likely N-dealkylation sites (N-methyl/N-ethyl adjacent to an activating group) is 1. The van der Waals surface area contributed by atoms with E-state index in [1.54, 1.807) is 72.1 Å². The molecule has 8 aromatic heterocycles. The Morgan fingerprint density at radius 3 is 1.10 bits per heavy atom. The lowest BCUT2D eigenvalue weighted by Crippen LogP contribution is -2.41. The van der Waals surface area contributed by atoms with Crippen LogP contribution in [0.1, 0.15) is 103 Å². The number of aromatic nitrogens is 16. The molecule has 0 radical (unpaired) electrons. The molecule has 2 fully saturated rings. The number of fused-ring (bicyclic) bond motifs is 4. The lowest BCUT2D eigenvalue weighted by molar-refractivity contribution is -0.126. The fourth-order valence-electron chi connectivity index (χ4n) is 8.85. The molecule has 0 atom stereocenters. The lowest BCUT2D eigenvalue weighted by Gasteiger charge is -2.27. The summed E-state index contributed by atoms with van der Waals surface area (Å²) in [5, 5.41) is 12.7. The molecule has 0 unspecified atom stereocenters.